The topological polar surface area (TPSA) is 69.6 Å². The lowest BCUT2D eigenvalue weighted by Crippen LogP contribution is -2.36. The van der Waals surface area contributed by atoms with Crippen molar-refractivity contribution in [3.05, 3.63) is 29.6 Å². The zero-order valence-corrected chi connectivity index (χ0v) is 10.9. The molecule has 0 aromatic heterocycles. The number of aliphatic carboxylic acids is 1. The lowest BCUT2D eigenvalue weighted by Gasteiger charge is -2.21. The minimum atomic E-state index is -0.965. The zero-order chi connectivity index (χ0) is 14.4. The monoisotopic (exact) mass is 268 g/mol. The van der Waals surface area contributed by atoms with Crippen LogP contribution >= 0.6 is 0 Å². The summed E-state index contributed by atoms with van der Waals surface area (Å²) in [7, 11) is 0. The van der Waals surface area contributed by atoms with E-state index in [-0.39, 0.29) is 13.0 Å². The summed E-state index contributed by atoms with van der Waals surface area (Å²) in [6, 6.07) is 3.98. The fourth-order valence-electron chi connectivity index (χ4n) is 1.57. The standard InChI is InChI=1S/C13H17FN2O3/c1-3-16(8-7-12(17)18)13(19)15-11-6-4-5-10(14)9(11)2/h4-6H,3,7-8H2,1-2H3,(H,15,19)(H,17,18). The second kappa shape index (κ2) is 6.72. The molecule has 0 atom stereocenters. The van der Waals surface area contributed by atoms with E-state index in [0.29, 0.717) is 17.8 Å². The van der Waals surface area contributed by atoms with Gasteiger partial charge in [-0.3, -0.25) is 4.79 Å². The number of nitrogens with zero attached hydrogens (tertiary/aromatic N) is 1. The smallest absolute Gasteiger partial charge is 0.321 e. The van der Waals surface area contributed by atoms with Gasteiger partial charge in [-0.2, -0.15) is 0 Å². The van der Waals surface area contributed by atoms with Crippen LogP contribution in [0, 0.1) is 12.7 Å². The average molecular weight is 268 g/mol. The molecule has 0 radical (unpaired) electrons. The summed E-state index contributed by atoms with van der Waals surface area (Å²) < 4.78 is 13.3. The third-order valence-electron chi connectivity index (χ3n) is 2.77. The second-order valence-electron chi connectivity index (χ2n) is 4.07. The van der Waals surface area contributed by atoms with E-state index >= 15 is 0 Å². The molecule has 104 valence electrons. The van der Waals surface area contributed by atoms with Crippen molar-refractivity contribution in [2.24, 2.45) is 0 Å². The van der Waals surface area contributed by atoms with Gasteiger partial charge in [0, 0.05) is 24.3 Å². The number of carbonyl (C=O) groups is 2. The van der Waals surface area contributed by atoms with Crippen LogP contribution in [0.1, 0.15) is 18.9 Å². The quantitative estimate of drug-likeness (QED) is 0.861. The van der Waals surface area contributed by atoms with Crippen LogP contribution in [0.5, 0.6) is 0 Å². The number of amides is 2. The highest BCUT2D eigenvalue weighted by atomic mass is 19.1. The third kappa shape index (κ3) is 4.24. The van der Waals surface area contributed by atoms with Crippen molar-refractivity contribution < 1.29 is 19.1 Å². The maximum atomic E-state index is 13.3. The van der Waals surface area contributed by atoms with Crippen LogP contribution in [0.15, 0.2) is 18.2 Å². The highest BCUT2D eigenvalue weighted by Crippen LogP contribution is 2.17. The van der Waals surface area contributed by atoms with Crippen molar-refractivity contribution in [2.75, 3.05) is 18.4 Å². The SMILES string of the molecule is CCN(CCC(=O)O)C(=O)Nc1cccc(F)c1C. The van der Waals surface area contributed by atoms with Crippen molar-refractivity contribution >= 4 is 17.7 Å². The molecule has 1 rings (SSSR count). The minimum Gasteiger partial charge on any atom is -0.481 e. The number of carboxylic acids is 1. The fraction of sp³-hybridized carbons (Fsp3) is 0.385. The summed E-state index contributed by atoms with van der Waals surface area (Å²) in [6.07, 6.45) is -0.122. The van der Waals surface area contributed by atoms with Gasteiger partial charge in [0.25, 0.3) is 0 Å². The molecule has 6 heteroatoms. The fourth-order valence-corrected chi connectivity index (χ4v) is 1.57. The van der Waals surface area contributed by atoms with Crippen LogP contribution in [0.2, 0.25) is 0 Å². The van der Waals surface area contributed by atoms with Gasteiger partial charge in [0.2, 0.25) is 0 Å². The molecule has 2 amide bonds. The van der Waals surface area contributed by atoms with Crippen molar-refractivity contribution in [3.63, 3.8) is 0 Å². The number of halogens is 1. The lowest BCUT2D eigenvalue weighted by molar-refractivity contribution is -0.137. The largest absolute Gasteiger partial charge is 0.481 e. The molecular weight excluding hydrogens is 251 g/mol. The first-order chi connectivity index (χ1) is 8.95. The number of nitrogens with one attached hydrogen (secondary N) is 1. The summed E-state index contributed by atoms with van der Waals surface area (Å²) in [4.78, 5) is 23.8. The number of benzene rings is 1. The van der Waals surface area contributed by atoms with Crippen molar-refractivity contribution in [2.45, 2.75) is 20.3 Å². The number of anilines is 1. The van der Waals surface area contributed by atoms with Gasteiger partial charge >= 0.3 is 12.0 Å². The molecular formula is C13H17FN2O3. The Morgan fingerprint density at radius 3 is 2.68 bits per heavy atom. The number of urea groups is 1. The molecule has 0 aliphatic carbocycles. The summed E-state index contributed by atoms with van der Waals surface area (Å²) in [5.41, 5.74) is 0.740. The molecule has 0 aliphatic rings. The molecule has 0 fully saturated rings. The second-order valence-corrected chi connectivity index (χ2v) is 4.07. The van der Waals surface area contributed by atoms with E-state index in [1.807, 2.05) is 0 Å². The van der Waals surface area contributed by atoms with Crippen LogP contribution in [-0.4, -0.2) is 35.1 Å². The van der Waals surface area contributed by atoms with E-state index in [4.69, 9.17) is 5.11 Å². The average Bonchev–Trinajstić information content (AvgIpc) is 2.35. The summed E-state index contributed by atoms with van der Waals surface area (Å²) >= 11 is 0. The minimum absolute atomic E-state index is 0.117. The van der Waals surface area contributed by atoms with E-state index in [2.05, 4.69) is 5.32 Å². The van der Waals surface area contributed by atoms with Gasteiger partial charge < -0.3 is 15.3 Å². The molecule has 0 saturated heterocycles. The van der Waals surface area contributed by atoms with Crippen LogP contribution in [0.4, 0.5) is 14.9 Å². The first-order valence-electron chi connectivity index (χ1n) is 5.98. The molecule has 0 aliphatic heterocycles. The van der Waals surface area contributed by atoms with E-state index in [9.17, 15) is 14.0 Å². The van der Waals surface area contributed by atoms with Crippen LogP contribution in [-0.2, 0) is 4.79 Å². The molecule has 5 nitrogen and oxygen atoms in total. The molecule has 0 bridgehead atoms. The normalized spacial score (nSPS) is 10.1. The number of carbonyl (C=O) groups excluding carboxylic acids is 1. The number of hydrogen-bond donors (Lipinski definition) is 2. The molecule has 2 N–H and O–H groups in total. The van der Waals surface area contributed by atoms with E-state index in [0.717, 1.165) is 0 Å². The molecule has 0 heterocycles. The molecule has 1 aromatic rings. The Kier molecular flexibility index (Phi) is 5.29. The van der Waals surface area contributed by atoms with Gasteiger partial charge in [-0.1, -0.05) is 6.07 Å². The molecule has 19 heavy (non-hydrogen) atoms. The third-order valence-corrected chi connectivity index (χ3v) is 2.77. The predicted molar refractivity (Wildman–Crippen MR) is 69.7 cm³/mol. The summed E-state index contributed by atoms with van der Waals surface area (Å²) in [5.74, 6) is -1.36. The Morgan fingerprint density at radius 1 is 1.42 bits per heavy atom. The number of carboxylic acid groups (broad SMARTS) is 1. The maximum absolute atomic E-state index is 13.3. The Balaban J connectivity index is 2.71. The van der Waals surface area contributed by atoms with E-state index in [1.54, 1.807) is 19.9 Å². The van der Waals surface area contributed by atoms with Gasteiger partial charge in [0.1, 0.15) is 5.82 Å². The molecule has 0 unspecified atom stereocenters. The summed E-state index contributed by atoms with van der Waals surface area (Å²) in [6.45, 7) is 3.82. The zero-order valence-electron chi connectivity index (χ0n) is 10.9. The van der Waals surface area contributed by atoms with E-state index in [1.165, 1.54) is 17.0 Å². The first-order valence-corrected chi connectivity index (χ1v) is 5.98. The Bertz CT molecular complexity index is 477. The van der Waals surface area contributed by atoms with Crippen molar-refractivity contribution in [3.8, 4) is 0 Å². The van der Waals surface area contributed by atoms with Crippen molar-refractivity contribution in [1.82, 2.24) is 4.90 Å². The highest BCUT2D eigenvalue weighted by molar-refractivity contribution is 5.90. The Morgan fingerprint density at radius 2 is 2.11 bits per heavy atom. The molecule has 1 aromatic carbocycles. The van der Waals surface area contributed by atoms with Gasteiger partial charge in [-0.05, 0) is 26.0 Å². The van der Waals surface area contributed by atoms with Crippen LogP contribution in [0.3, 0.4) is 0 Å². The van der Waals surface area contributed by atoms with Crippen LogP contribution < -0.4 is 5.32 Å². The Labute approximate surface area is 111 Å². The van der Waals surface area contributed by atoms with Crippen molar-refractivity contribution in [1.29, 1.82) is 0 Å². The maximum Gasteiger partial charge on any atom is 0.321 e. The van der Waals surface area contributed by atoms with Gasteiger partial charge in [-0.15, -0.1) is 0 Å². The lowest BCUT2D eigenvalue weighted by atomic mass is 10.2. The van der Waals surface area contributed by atoms with Gasteiger partial charge in [0.05, 0.1) is 6.42 Å². The van der Waals surface area contributed by atoms with E-state index < -0.39 is 17.8 Å². The molecule has 0 saturated carbocycles. The molecule has 0 spiro atoms. The Hall–Kier alpha value is -2.11. The first kappa shape index (κ1) is 14.9. The van der Waals surface area contributed by atoms with Crippen LogP contribution in [0.25, 0.3) is 0 Å². The highest BCUT2D eigenvalue weighted by Gasteiger charge is 2.14. The number of hydrogen-bond acceptors (Lipinski definition) is 2. The summed E-state index contributed by atoms with van der Waals surface area (Å²) in [5, 5.41) is 11.2. The number of rotatable bonds is 5. The van der Waals surface area contributed by atoms with Gasteiger partial charge in [-0.25, -0.2) is 9.18 Å². The predicted octanol–water partition coefficient (Wildman–Crippen LogP) is 2.46. The van der Waals surface area contributed by atoms with Gasteiger partial charge in [0.15, 0.2) is 0 Å².